The molecule has 3 nitrogen and oxygen atoms in total. The Morgan fingerprint density at radius 2 is 2.00 bits per heavy atom. The van der Waals surface area contributed by atoms with Gasteiger partial charge in [0.1, 0.15) is 6.61 Å². The number of hydrogen-bond acceptors (Lipinski definition) is 3. The number of rotatable bonds is 2. The van der Waals surface area contributed by atoms with Crippen molar-refractivity contribution in [1.82, 2.24) is 0 Å². The Kier molecular flexibility index (Phi) is 3.60. The zero-order valence-electron chi connectivity index (χ0n) is 6.93. The monoisotopic (exact) mass is 162 g/mol. The molecular formula is C6H14O3Si. The molecule has 0 saturated carbocycles. The molecular weight excluding hydrogens is 148 g/mol. The van der Waals surface area contributed by atoms with Gasteiger partial charge in [-0.15, -0.1) is 0 Å². The van der Waals surface area contributed by atoms with Crippen molar-refractivity contribution in [2.24, 2.45) is 0 Å². The van der Waals surface area contributed by atoms with Crippen molar-refractivity contribution < 1.29 is 14.0 Å². The minimum absolute atomic E-state index is 0.0625. The van der Waals surface area contributed by atoms with Crippen LogP contribution in [0, 0.1) is 0 Å². The first-order chi connectivity index (χ1) is 4.45. The Labute approximate surface area is 64.2 Å². The SMILES string of the molecule is CC(C)(C)OCC(=O)O[SiH3]. The van der Waals surface area contributed by atoms with Gasteiger partial charge in [-0.2, -0.15) is 0 Å². The Hall–Kier alpha value is -0.353. The highest BCUT2D eigenvalue weighted by Gasteiger charge is 2.11. The Balaban J connectivity index is 3.46. The van der Waals surface area contributed by atoms with E-state index in [2.05, 4.69) is 4.43 Å². The summed E-state index contributed by atoms with van der Waals surface area (Å²) in [5, 5.41) is 0. The molecule has 0 aromatic heterocycles. The summed E-state index contributed by atoms with van der Waals surface area (Å²) in [6, 6.07) is 0. The van der Waals surface area contributed by atoms with Crippen molar-refractivity contribution in [1.29, 1.82) is 0 Å². The molecule has 0 rings (SSSR count). The normalized spacial score (nSPS) is 11.5. The lowest BCUT2D eigenvalue weighted by Crippen LogP contribution is -2.24. The molecule has 0 bridgehead atoms. The lowest BCUT2D eigenvalue weighted by molar-refractivity contribution is -0.144. The van der Waals surface area contributed by atoms with Crippen LogP contribution in [0.5, 0.6) is 0 Å². The molecule has 0 spiro atoms. The molecule has 0 aliphatic carbocycles. The molecule has 0 fully saturated rings. The molecule has 0 saturated heterocycles. The van der Waals surface area contributed by atoms with Crippen molar-refractivity contribution in [3.63, 3.8) is 0 Å². The highest BCUT2D eigenvalue weighted by atomic mass is 28.2. The summed E-state index contributed by atoms with van der Waals surface area (Å²) < 4.78 is 9.65. The maximum Gasteiger partial charge on any atom is 0.318 e. The van der Waals surface area contributed by atoms with E-state index in [0.717, 1.165) is 0 Å². The Morgan fingerprint density at radius 1 is 1.50 bits per heavy atom. The van der Waals surface area contributed by atoms with Crippen molar-refractivity contribution in [3.05, 3.63) is 0 Å². The van der Waals surface area contributed by atoms with Gasteiger partial charge >= 0.3 is 5.97 Å². The van der Waals surface area contributed by atoms with Gasteiger partial charge in [0.05, 0.1) is 5.60 Å². The molecule has 0 unspecified atom stereocenters. The minimum atomic E-state index is -0.276. The van der Waals surface area contributed by atoms with Gasteiger partial charge in [-0.3, -0.25) is 4.79 Å². The molecule has 0 N–H and O–H groups in total. The predicted octanol–water partition coefficient (Wildman–Crippen LogP) is -0.375. The standard InChI is InChI=1S/C6H14O3Si/c1-6(2,3)8-4-5(7)9-10/h4H2,1-3,10H3. The maximum atomic E-state index is 10.5. The molecule has 0 aliphatic heterocycles. The van der Waals surface area contributed by atoms with Crippen molar-refractivity contribution in [2.75, 3.05) is 6.61 Å². The predicted molar refractivity (Wildman–Crippen MR) is 41.7 cm³/mol. The Morgan fingerprint density at radius 3 is 2.30 bits per heavy atom. The van der Waals surface area contributed by atoms with Crippen molar-refractivity contribution in [2.45, 2.75) is 26.4 Å². The van der Waals surface area contributed by atoms with E-state index in [1.165, 1.54) is 0 Å². The van der Waals surface area contributed by atoms with Gasteiger partial charge in [-0.25, -0.2) is 0 Å². The van der Waals surface area contributed by atoms with Crippen LogP contribution < -0.4 is 0 Å². The van der Waals surface area contributed by atoms with Gasteiger partial charge in [0, 0.05) is 0 Å². The van der Waals surface area contributed by atoms with E-state index in [1.807, 2.05) is 20.8 Å². The summed E-state index contributed by atoms with van der Waals surface area (Å²) in [5.41, 5.74) is -0.254. The van der Waals surface area contributed by atoms with Gasteiger partial charge in [-0.05, 0) is 20.8 Å². The zero-order chi connectivity index (χ0) is 8.20. The third kappa shape index (κ3) is 5.78. The molecule has 0 aliphatic rings. The van der Waals surface area contributed by atoms with Gasteiger partial charge in [-0.1, -0.05) is 0 Å². The molecule has 0 aromatic rings. The number of hydrogen-bond donors (Lipinski definition) is 0. The smallest absolute Gasteiger partial charge is 0.318 e. The second-order valence-corrected chi connectivity index (χ2v) is 3.39. The minimum Gasteiger partial charge on any atom is -0.527 e. The fraction of sp³-hybridized carbons (Fsp3) is 0.833. The van der Waals surface area contributed by atoms with Crippen molar-refractivity contribution in [3.8, 4) is 0 Å². The fourth-order valence-electron chi connectivity index (χ4n) is 0.334. The molecule has 0 amide bonds. The van der Waals surface area contributed by atoms with E-state index in [-0.39, 0.29) is 18.2 Å². The average Bonchev–Trinajstić information content (AvgIpc) is 1.81. The van der Waals surface area contributed by atoms with Crippen LogP contribution in [0.15, 0.2) is 0 Å². The summed E-state index contributed by atoms with van der Waals surface area (Å²) in [6.07, 6.45) is 0. The maximum absolute atomic E-state index is 10.5. The number of ether oxygens (including phenoxy) is 1. The lowest BCUT2D eigenvalue weighted by Gasteiger charge is -2.18. The highest BCUT2D eigenvalue weighted by Crippen LogP contribution is 2.05. The summed E-state index contributed by atoms with van der Waals surface area (Å²) in [7, 11) is 0.444. The molecule has 60 valence electrons. The second kappa shape index (κ2) is 3.73. The average molecular weight is 162 g/mol. The zero-order valence-corrected chi connectivity index (χ0v) is 8.93. The van der Waals surface area contributed by atoms with Crippen LogP contribution in [0.1, 0.15) is 20.8 Å². The fourth-order valence-corrected chi connectivity index (χ4v) is 0.452. The molecule has 0 aromatic carbocycles. The molecule has 4 heteroatoms. The summed E-state index contributed by atoms with van der Waals surface area (Å²) in [6.45, 7) is 5.75. The quantitative estimate of drug-likeness (QED) is 0.519. The number of carbonyl (C=O) groups excluding carboxylic acids is 1. The van der Waals surface area contributed by atoms with E-state index in [4.69, 9.17) is 4.74 Å². The van der Waals surface area contributed by atoms with Crippen LogP contribution >= 0.6 is 0 Å². The summed E-state index contributed by atoms with van der Waals surface area (Å²) >= 11 is 0. The Bertz CT molecular complexity index is 117. The molecule has 0 atom stereocenters. The third-order valence-corrected chi connectivity index (χ3v) is 1.31. The van der Waals surface area contributed by atoms with Crippen LogP contribution in [0.25, 0.3) is 0 Å². The van der Waals surface area contributed by atoms with E-state index < -0.39 is 0 Å². The van der Waals surface area contributed by atoms with Crippen LogP contribution in [0.4, 0.5) is 0 Å². The molecule has 0 radical (unpaired) electrons. The first-order valence-electron chi connectivity index (χ1n) is 3.16. The van der Waals surface area contributed by atoms with Gasteiger partial charge in [0.15, 0.2) is 0 Å². The van der Waals surface area contributed by atoms with E-state index in [1.54, 1.807) is 0 Å². The third-order valence-electron chi connectivity index (χ3n) is 0.851. The second-order valence-electron chi connectivity index (χ2n) is 2.98. The highest BCUT2D eigenvalue weighted by molar-refractivity contribution is 6.05. The van der Waals surface area contributed by atoms with Gasteiger partial charge in [0.2, 0.25) is 10.5 Å². The van der Waals surface area contributed by atoms with Crippen LogP contribution in [-0.2, 0) is 14.0 Å². The van der Waals surface area contributed by atoms with E-state index in [0.29, 0.717) is 10.5 Å². The van der Waals surface area contributed by atoms with Crippen LogP contribution in [0.3, 0.4) is 0 Å². The molecule has 0 heterocycles. The topological polar surface area (TPSA) is 35.5 Å². The van der Waals surface area contributed by atoms with Gasteiger partial charge in [0.25, 0.3) is 0 Å². The molecule has 10 heavy (non-hydrogen) atoms. The largest absolute Gasteiger partial charge is 0.527 e. The van der Waals surface area contributed by atoms with Crippen LogP contribution in [0.2, 0.25) is 0 Å². The lowest BCUT2D eigenvalue weighted by atomic mass is 10.2. The van der Waals surface area contributed by atoms with Gasteiger partial charge < -0.3 is 9.16 Å². The number of carbonyl (C=O) groups is 1. The van der Waals surface area contributed by atoms with Crippen LogP contribution in [-0.4, -0.2) is 28.7 Å². The van der Waals surface area contributed by atoms with E-state index >= 15 is 0 Å². The first kappa shape index (κ1) is 9.65. The summed E-state index contributed by atoms with van der Waals surface area (Å²) in [4.78, 5) is 10.5. The summed E-state index contributed by atoms with van der Waals surface area (Å²) in [5.74, 6) is -0.276. The first-order valence-corrected chi connectivity index (χ1v) is 3.98. The van der Waals surface area contributed by atoms with Crippen molar-refractivity contribution >= 4 is 16.5 Å². The van der Waals surface area contributed by atoms with E-state index in [9.17, 15) is 4.79 Å².